The van der Waals surface area contributed by atoms with Gasteiger partial charge in [-0.05, 0) is 36.8 Å². The Kier molecular flexibility index (Phi) is 7.01. The molecule has 0 spiro atoms. The molecule has 0 bridgehead atoms. The average molecular weight is 424 g/mol. The molecule has 0 saturated carbocycles. The highest BCUT2D eigenvalue weighted by Gasteiger charge is 2.38. The summed E-state index contributed by atoms with van der Waals surface area (Å²) < 4.78 is 38.9. The number of benzene rings is 1. The zero-order chi connectivity index (χ0) is 22.5. The van der Waals surface area contributed by atoms with Gasteiger partial charge in [0.25, 0.3) is 5.91 Å². The van der Waals surface area contributed by atoms with E-state index >= 15 is 0 Å². The van der Waals surface area contributed by atoms with Crippen LogP contribution in [0.2, 0.25) is 0 Å². The van der Waals surface area contributed by atoms with Crippen LogP contribution in [0.1, 0.15) is 28.9 Å². The van der Waals surface area contributed by atoms with Crippen molar-refractivity contribution in [2.75, 3.05) is 12.4 Å². The van der Waals surface area contributed by atoms with Crippen molar-refractivity contribution in [2.24, 2.45) is 5.73 Å². The number of nitrogens with one attached hydrogen (secondary N) is 1. The van der Waals surface area contributed by atoms with E-state index in [1.807, 2.05) is 41.9 Å². The zero-order valence-corrected chi connectivity index (χ0v) is 16.0. The first-order valence-electron chi connectivity index (χ1n) is 8.50. The van der Waals surface area contributed by atoms with E-state index in [1.165, 1.54) is 7.11 Å². The number of fused-ring (bicyclic) bond motifs is 1. The van der Waals surface area contributed by atoms with Gasteiger partial charge in [0.15, 0.2) is 0 Å². The Labute approximate surface area is 169 Å². The van der Waals surface area contributed by atoms with Crippen LogP contribution in [0.5, 0.6) is 5.75 Å². The van der Waals surface area contributed by atoms with Gasteiger partial charge in [-0.2, -0.15) is 13.2 Å². The standard InChI is InChI=1S/C17H18N4O2.C2HF3O2/c1-11(18)12-3-5-15(23-2)14(9-12)17(22)20-13-4-6-16-19-7-8-21(16)10-13;3-2(4,5)1(6)7/h3-11H,18H2,1-2H3,(H,20,22);(H,6,7)/t11-;/m0./s1. The molecule has 0 fully saturated rings. The first-order valence-corrected chi connectivity index (χ1v) is 8.50. The molecule has 2 aromatic heterocycles. The number of aliphatic carboxylic acids is 1. The van der Waals surface area contributed by atoms with Crippen LogP contribution in [0.25, 0.3) is 5.65 Å². The molecule has 1 amide bonds. The van der Waals surface area contributed by atoms with Crippen LogP contribution < -0.4 is 15.8 Å². The highest BCUT2D eigenvalue weighted by atomic mass is 19.4. The maximum Gasteiger partial charge on any atom is 0.490 e. The minimum absolute atomic E-state index is 0.158. The molecule has 0 aliphatic rings. The predicted molar refractivity (Wildman–Crippen MR) is 102 cm³/mol. The summed E-state index contributed by atoms with van der Waals surface area (Å²) in [7, 11) is 1.54. The van der Waals surface area contributed by atoms with E-state index in [2.05, 4.69) is 10.3 Å². The molecule has 160 valence electrons. The summed E-state index contributed by atoms with van der Waals surface area (Å²) in [4.78, 5) is 25.7. The van der Waals surface area contributed by atoms with Crippen molar-refractivity contribution < 1.29 is 32.6 Å². The Balaban J connectivity index is 0.000000396. The van der Waals surface area contributed by atoms with Crippen LogP contribution >= 0.6 is 0 Å². The maximum absolute atomic E-state index is 12.6. The van der Waals surface area contributed by atoms with Gasteiger partial charge in [-0.15, -0.1) is 0 Å². The molecule has 30 heavy (non-hydrogen) atoms. The monoisotopic (exact) mass is 424 g/mol. The number of anilines is 1. The van der Waals surface area contributed by atoms with Gasteiger partial charge >= 0.3 is 12.1 Å². The molecule has 0 aliphatic carbocycles. The topological polar surface area (TPSA) is 119 Å². The predicted octanol–water partition coefficient (Wildman–Crippen LogP) is 3.25. The smallest absolute Gasteiger partial charge is 0.490 e. The van der Waals surface area contributed by atoms with Crippen molar-refractivity contribution in [3.05, 3.63) is 60.0 Å². The number of nitrogens with two attached hydrogens (primary N) is 1. The lowest BCUT2D eigenvalue weighted by molar-refractivity contribution is -0.192. The van der Waals surface area contributed by atoms with Gasteiger partial charge in [-0.3, -0.25) is 4.79 Å². The number of methoxy groups -OCH3 is 1. The number of imidazole rings is 1. The molecule has 3 rings (SSSR count). The highest BCUT2D eigenvalue weighted by Crippen LogP contribution is 2.24. The number of halogens is 3. The molecular formula is C19H19F3N4O4. The fourth-order valence-electron chi connectivity index (χ4n) is 2.38. The summed E-state index contributed by atoms with van der Waals surface area (Å²) >= 11 is 0. The van der Waals surface area contributed by atoms with E-state index in [9.17, 15) is 18.0 Å². The summed E-state index contributed by atoms with van der Waals surface area (Å²) in [6.07, 6.45) is 0.250. The Bertz CT molecular complexity index is 1050. The quantitative estimate of drug-likeness (QED) is 0.592. The molecular weight excluding hydrogens is 405 g/mol. The van der Waals surface area contributed by atoms with Gasteiger partial charge in [0, 0.05) is 24.6 Å². The molecule has 1 atom stereocenters. The van der Waals surface area contributed by atoms with Gasteiger partial charge in [0.05, 0.1) is 18.4 Å². The van der Waals surface area contributed by atoms with Gasteiger partial charge < -0.3 is 25.3 Å². The Morgan fingerprint density at radius 3 is 2.50 bits per heavy atom. The largest absolute Gasteiger partial charge is 0.496 e. The van der Waals surface area contributed by atoms with Crippen LogP contribution in [0.4, 0.5) is 18.9 Å². The van der Waals surface area contributed by atoms with Gasteiger partial charge in [0.1, 0.15) is 11.4 Å². The molecule has 0 saturated heterocycles. The molecule has 1 aromatic carbocycles. The number of carbonyl (C=O) groups excluding carboxylic acids is 1. The first kappa shape index (κ1) is 22.7. The fraction of sp³-hybridized carbons (Fsp3) is 0.211. The van der Waals surface area contributed by atoms with Crippen molar-refractivity contribution in [3.63, 3.8) is 0 Å². The number of ether oxygens (including phenoxy) is 1. The van der Waals surface area contributed by atoms with Crippen molar-refractivity contribution >= 4 is 23.2 Å². The summed E-state index contributed by atoms with van der Waals surface area (Å²) in [6.45, 7) is 1.87. The number of hydrogen-bond acceptors (Lipinski definition) is 5. The average Bonchev–Trinajstić information content (AvgIpc) is 3.14. The van der Waals surface area contributed by atoms with E-state index in [-0.39, 0.29) is 11.9 Å². The number of amides is 1. The number of nitrogens with zero attached hydrogens (tertiary/aromatic N) is 2. The number of alkyl halides is 3. The third kappa shape index (κ3) is 5.70. The van der Waals surface area contributed by atoms with Crippen LogP contribution in [0.15, 0.2) is 48.9 Å². The van der Waals surface area contributed by atoms with E-state index in [0.717, 1.165) is 11.2 Å². The van der Waals surface area contributed by atoms with E-state index in [0.29, 0.717) is 17.0 Å². The lowest BCUT2D eigenvalue weighted by Gasteiger charge is -2.13. The number of pyridine rings is 1. The molecule has 4 N–H and O–H groups in total. The molecule has 2 heterocycles. The first-order chi connectivity index (χ1) is 14.0. The molecule has 8 nitrogen and oxygen atoms in total. The lowest BCUT2D eigenvalue weighted by Crippen LogP contribution is -2.21. The van der Waals surface area contributed by atoms with Gasteiger partial charge in [-0.1, -0.05) is 6.07 Å². The minimum atomic E-state index is -5.08. The third-order valence-corrected chi connectivity index (χ3v) is 3.88. The van der Waals surface area contributed by atoms with Crippen LogP contribution in [-0.2, 0) is 4.79 Å². The van der Waals surface area contributed by atoms with Gasteiger partial charge in [0.2, 0.25) is 0 Å². The second-order valence-corrected chi connectivity index (χ2v) is 6.12. The van der Waals surface area contributed by atoms with E-state index in [4.69, 9.17) is 20.4 Å². The minimum Gasteiger partial charge on any atom is -0.496 e. The van der Waals surface area contributed by atoms with E-state index < -0.39 is 12.1 Å². The lowest BCUT2D eigenvalue weighted by atomic mass is 10.0. The maximum atomic E-state index is 12.6. The number of hydrogen-bond donors (Lipinski definition) is 3. The molecule has 0 aliphatic heterocycles. The van der Waals surface area contributed by atoms with E-state index in [1.54, 1.807) is 18.3 Å². The highest BCUT2D eigenvalue weighted by molar-refractivity contribution is 6.06. The number of carboxylic acids is 1. The second kappa shape index (κ2) is 9.27. The number of carboxylic acid groups (broad SMARTS) is 1. The van der Waals surface area contributed by atoms with Crippen LogP contribution in [0.3, 0.4) is 0 Å². The van der Waals surface area contributed by atoms with Crippen LogP contribution in [-0.4, -0.2) is 39.7 Å². The number of rotatable bonds is 4. The van der Waals surface area contributed by atoms with Crippen LogP contribution in [0, 0.1) is 0 Å². The Hall–Kier alpha value is -3.60. The van der Waals surface area contributed by atoms with Crippen molar-refractivity contribution in [1.29, 1.82) is 0 Å². The molecule has 0 unspecified atom stereocenters. The fourth-order valence-corrected chi connectivity index (χ4v) is 2.38. The Morgan fingerprint density at radius 1 is 1.27 bits per heavy atom. The van der Waals surface area contributed by atoms with Crippen molar-refractivity contribution in [2.45, 2.75) is 19.1 Å². The molecule has 0 radical (unpaired) electrons. The number of carbonyl (C=O) groups is 2. The summed E-state index contributed by atoms with van der Waals surface area (Å²) in [5.41, 5.74) is 8.72. The normalized spacial score (nSPS) is 11.9. The summed E-state index contributed by atoms with van der Waals surface area (Å²) in [6, 6.07) is 8.86. The summed E-state index contributed by atoms with van der Waals surface area (Å²) in [5.74, 6) is -2.49. The zero-order valence-electron chi connectivity index (χ0n) is 16.0. The van der Waals surface area contributed by atoms with Crippen molar-refractivity contribution in [3.8, 4) is 5.75 Å². The molecule has 3 aromatic rings. The summed E-state index contributed by atoms with van der Waals surface area (Å²) in [5, 5.41) is 10.00. The second-order valence-electron chi connectivity index (χ2n) is 6.12. The molecule has 11 heteroatoms. The number of aromatic nitrogens is 2. The van der Waals surface area contributed by atoms with Crippen molar-refractivity contribution in [1.82, 2.24) is 9.38 Å². The SMILES string of the molecule is COc1ccc([C@H](C)N)cc1C(=O)Nc1ccc2nccn2c1.O=C(O)C(F)(F)F. The van der Waals surface area contributed by atoms with Gasteiger partial charge in [-0.25, -0.2) is 9.78 Å². The Morgan fingerprint density at radius 2 is 1.93 bits per heavy atom. The third-order valence-electron chi connectivity index (χ3n) is 3.88.